The van der Waals surface area contributed by atoms with Crippen LogP contribution in [-0.2, 0) is 4.74 Å². The number of ether oxygens (including phenoxy) is 1. The third kappa shape index (κ3) is 2.80. The van der Waals surface area contributed by atoms with E-state index in [2.05, 4.69) is 45.5 Å². The lowest BCUT2D eigenvalue weighted by Gasteiger charge is -2.14. The Hall–Kier alpha value is -0.380. The molecule has 3 heteroatoms. The van der Waals surface area contributed by atoms with Gasteiger partial charge in [-0.15, -0.1) is 0 Å². The Morgan fingerprint density at radius 2 is 2.07 bits per heavy atom. The Bertz CT molecular complexity index is 312. The van der Waals surface area contributed by atoms with Crippen LogP contribution in [-0.4, -0.2) is 19.8 Å². The highest BCUT2D eigenvalue weighted by molar-refractivity contribution is 9.10. The molecule has 0 aliphatic carbocycles. The van der Waals surface area contributed by atoms with Crippen molar-refractivity contribution in [3.63, 3.8) is 0 Å². The lowest BCUT2D eigenvalue weighted by Crippen LogP contribution is -2.28. The molecule has 0 amide bonds. The smallest absolute Gasteiger partial charge is 0.0616 e. The molecule has 1 aromatic rings. The van der Waals surface area contributed by atoms with Gasteiger partial charge < -0.3 is 10.1 Å². The molecule has 0 spiro atoms. The van der Waals surface area contributed by atoms with Gasteiger partial charge in [-0.25, -0.2) is 0 Å². The number of halogens is 1. The molecule has 2 nitrogen and oxygen atoms in total. The molecule has 1 aromatic carbocycles. The molecule has 1 N–H and O–H groups in total. The van der Waals surface area contributed by atoms with E-state index in [0.29, 0.717) is 12.1 Å². The van der Waals surface area contributed by atoms with Crippen LogP contribution in [0.5, 0.6) is 0 Å². The topological polar surface area (TPSA) is 21.3 Å². The van der Waals surface area contributed by atoms with Crippen molar-refractivity contribution in [1.82, 2.24) is 5.32 Å². The molecular weight excluding hydrogens is 254 g/mol. The first kappa shape index (κ1) is 11.1. The van der Waals surface area contributed by atoms with Crippen molar-refractivity contribution in [3.8, 4) is 0 Å². The van der Waals surface area contributed by atoms with Gasteiger partial charge in [0.2, 0.25) is 0 Å². The van der Waals surface area contributed by atoms with Gasteiger partial charge in [-0.1, -0.05) is 28.1 Å². The highest BCUT2D eigenvalue weighted by atomic mass is 79.9. The summed E-state index contributed by atoms with van der Waals surface area (Å²) in [6.07, 6.45) is 2.41. The normalized spacial score (nSPS) is 25.7. The van der Waals surface area contributed by atoms with E-state index < -0.39 is 0 Å². The molecule has 1 fully saturated rings. The van der Waals surface area contributed by atoms with Crippen molar-refractivity contribution in [2.75, 3.05) is 13.7 Å². The summed E-state index contributed by atoms with van der Waals surface area (Å²) < 4.78 is 6.30. The van der Waals surface area contributed by atoms with Crippen molar-refractivity contribution >= 4 is 15.9 Å². The van der Waals surface area contributed by atoms with E-state index in [1.807, 2.05) is 0 Å². The first-order valence-electron chi connectivity index (χ1n) is 5.30. The second kappa shape index (κ2) is 5.10. The molecule has 2 atom stereocenters. The lowest BCUT2D eigenvalue weighted by molar-refractivity contribution is 0.172. The average molecular weight is 270 g/mol. The molecule has 1 heterocycles. The third-order valence-electron chi connectivity index (χ3n) is 2.88. The van der Waals surface area contributed by atoms with Crippen molar-refractivity contribution in [1.29, 1.82) is 0 Å². The Kier molecular flexibility index (Phi) is 3.78. The summed E-state index contributed by atoms with van der Waals surface area (Å²) in [5.41, 5.74) is 1.37. The number of rotatable bonds is 3. The zero-order chi connectivity index (χ0) is 10.7. The van der Waals surface area contributed by atoms with Crippen LogP contribution in [0.1, 0.15) is 24.4 Å². The highest BCUT2D eigenvalue weighted by Crippen LogP contribution is 2.27. The Morgan fingerprint density at radius 3 is 2.73 bits per heavy atom. The summed E-state index contributed by atoms with van der Waals surface area (Å²) in [6, 6.07) is 9.57. The minimum absolute atomic E-state index is 0.498. The molecule has 15 heavy (non-hydrogen) atoms. The maximum atomic E-state index is 5.16. The van der Waals surface area contributed by atoms with E-state index in [1.54, 1.807) is 7.11 Å². The van der Waals surface area contributed by atoms with Crippen LogP contribution in [0, 0.1) is 0 Å². The van der Waals surface area contributed by atoms with Crippen molar-refractivity contribution in [3.05, 3.63) is 34.3 Å². The summed E-state index contributed by atoms with van der Waals surface area (Å²) in [5.74, 6) is 0. The summed E-state index contributed by atoms with van der Waals surface area (Å²) >= 11 is 3.45. The number of hydrogen-bond donors (Lipinski definition) is 1. The molecule has 1 aliphatic heterocycles. The van der Waals surface area contributed by atoms with Crippen molar-refractivity contribution in [2.45, 2.75) is 24.9 Å². The van der Waals surface area contributed by atoms with Gasteiger partial charge in [-0.05, 0) is 30.5 Å². The number of benzene rings is 1. The standard InChI is InChI=1S/C12H16BrNO/c1-15-8-11-6-7-12(14-11)9-2-4-10(13)5-3-9/h2-5,11-12,14H,6-8H2,1H3. The summed E-state index contributed by atoms with van der Waals surface area (Å²) in [6.45, 7) is 0.813. The van der Waals surface area contributed by atoms with Crippen LogP contribution >= 0.6 is 15.9 Å². The highest BCUT2D eigenvalue weighted by Gasteiger charge is 2.24. The average Bonchev–Trinajstić information content (AvgIpc) is 2.68. The molecule has 0 saturated carbocycles. The van der Waals surface area contributed by atoms with E-state index in [1.165, 1.54) is 18.4 Å². The molecule has 2 rings (SSSR count). The van der Waals surface area contributed by atoms with Gasteiger partial charge >= 0.3 is 0 Å². The number of nitrogens with one attached hydrogen (secondary N) is 1. The maximum absolute atomic E-state index is 5.16. The van der Waals surface area contributed by atoms with Gasteiger partial charge in [-0.3, -0.25) is 0 Å². The van der Waals surface area contributed by atoms with Crippen molar-refractivity contribution in [2.24, 2.45) is 0 Å². The second-order valence-electron chi connectivity index (χ2n) is 4.00. The van der Waals surface area contributed by atoms with Crippen LogP contribution in [0.4, 0.5) is 0 Å². The van der Waals surface area contributed by atoms with E-state index in [4.69, 9.17) is 4.74 Å². The maximum Gasteiger partial charge on any atom is 0.0616 e. The van der Waals surface area contributed by atoms with Gasteiger partial charge in [0.25, 0.3) is 0 Å². The predicted molar refractivity (Wildman–Crippen MR) is 64.9 cm³/mol. The Morgan fingerprint density at radius 1 is 1.33 bits per heavy atom. The fourth-order valence-electron chi connectivity index (χ4n) is 2.11. The fourth-order valence-corrected chi connectivity index (χ4v) is 2.37. The molecular formula is C12H16BrNO. The minimum atomic E-state index is 0.498. The van der Waals surface area contributed by atoms with Crippen LogP contribution in [0.15, 0.2) is 28.7 Å². The van der Waals surface area contributed by atoms with Gasteiger partial charge in [0.1, 0.15) is 0 Å². The van der Waals surface area contributed by atoms with Crippen LogP contribution in [0.3, 0.4) is 0 Å². The molecule has 2 unspecified atom stereocenters. The van der Waals surface area contributed by atoms with Gasteiger partial charge in [0.15, 0.2) is 0 Å². The minimum Gasteiger partial charge on any atom is -0.383 e. The predicted octanol–water partition coefficient (Wildman–Crippen LogP) is 2.89. The summed E-state index contributed by atoms with van der Waals surface area (Å²) in [7, 11) is 1.76. The summed E-state index contributed by atoms with van der Waals surface area (Å²) in [4.78, 5) is 0. The first-order valence-corrected chi connectivity index (χ1v) is 6.09. The van der Waals surface area contributed by atoms with Crippen LogP contribution < -0.4 is 5.32 Å². The van der Waals surface area contributed by atoms with E-state index >= 15 is 0 Å². The first-order chi connectivity index (χ1) is 7.29. The number of methoxy groups -OCH3 is 1. The van der Waals surface area contributed by atoms with Gasteiger partial charge in [0, 0.05) is 23.7 Å². The monoisotopic (exact) mass is 269 g/mol. The molecule has 0 aromatic heterocycles. The molecule has 1 aliphatic rings. The molecule has 0 bridgehead atoms. The van der Waals surface area contributed by atoms with Crippen molar-refractivity contribution < 1.29 is 4.74 Å². The Labute approximate surface area is 99.1 Å². The van der Waals surface area contributed by atoms with E-state index in [-0.39, 0.29) is 0 Å². The molecule has 1 saturated heterocycles. The Balaban J connectivity index is 1.98. The second-order valence-corrected chi connectivity index (χ2v) is 4.92. The summed E-state index contributed by atoms with van der Waals surface area (Å²) in [5, 5.41) is 3.59. The van der Waals surface area contributed by atoms with Gasteiger partial charge in [-0.2, -0.15) is 0 Å². The van der Waals surface area contributed by atoms with E-state index in [0.717, 1.165) is 11.1 Å². The SMILES string of the molecule is COCC1CCC(c2ccc(Br)cc2)N1. The molecule has 0 radical (unpaired) electrons. The van der Waals surface area contributed by atoms with Crippen LogP contribution in [0.2, 0.25) is 0 Å². The molecule has 82 valence electrons. The zero-order valence-corrected chi connectivity index (χ0v) is 10.5. The quantitative estimate of drug-likeness (QED) is 0.911. The zero-order valence-electron chi connectivity index (χ0n) is 8.87. The van der Waals surface area contributed by atoms with Crippen LogP contribution in [0.25, 0.3) is 0 Å². The lowest BCUT2D eigenvalue weighted by atomic mass is 10.1. The number of hydrogen-bond acceptors (Lipinski definition) is 2. The fraction of sp³-hybridized carbons (Fsp3) is 0.500. The third-order valence-corrected chi connectivity index (χ3v) is 3.41. The van der Waals surface area contributed by atoms with Gasteiger partial charge in [0.05, 0.1) is 6.61 Å². The largest absolute Gasteiger partial charge is 0.383 e. The van der Waals surface area contributed by atoms with E-state index in [9.17, 15) is 0 Å².